The second kappa shape index (κ2) is 2.57. The first-order valence-electron chi connectivity index (χ1n) is 3.13. The first-order chi connectivity index (χ1) is 5.11. The summed E-state index contributed by atoms with van der Waals surface area (Å²) < 4.78 is 0. The Morgan fingerprint density at radius 3 is 2.73 bits per heavy atom. The zero-order valence-electron chi connectivity index (χ0n) is 6.16. The molecule has 4 N–H and O–H groups in total. The quantitative estimate of drug-likeness (QED) is 0.595. The van der Waals surface area contributed by atoms with Gasteiger partial charge in [0.15, 0.2) is 0 Å². The van der Waals surface area contributed by atoms with Crippen LogP contribution in [0.25, 0.3) is 0 Å². The molecule has 4 heteroatoms. The predicted octanol–water partition coefficient (Wildman–Crippen LogP) is 0.0711. The zero-order valence-corrected chi connectivity index (χ0v) is 6.16. The number of hydrogen-bond acceptors (Lipinski definition) is 3. The Bertz CT molecular complexity index is 296. The maximum Gasteiger partial charge on any atom is 0.250 e. The number of rotatable bonds is 1. The Morgan fingerprint density at radius 1 is 1.64 bits per heavy atom. The van der Waals surface area contributed by atoms with Gasteiger partial charge in [0.2, 0.25) is 0 Å². The van der Waals surface area contributed by atoms with E-state index < -0.39 is 5.91 Å². The van der Waals surface area contributed by atoms with Crippen molar-refractivity contribution in [2.75, 3.05) is 5.73 Å². The van der Waals surface area contributed by atoms with Gasteiger partial charge in [-0.1, -0.05) is 0 Å². The molecule has 1 amide bonds. The van der Waals surface area contributed by atoms with Crippen LogP contribution < -0.4 is 11.5 Å². The molecule has 11 heavy (non-hydrogen) atoms. The van der Waals surface area contributed by atoms with Gasteiger partial charge in [-0.15, -0.1) is 0 Å². The number of amides is 1. The van der Waals surface area contributed by atoms with Crippen molar-refractivity contribution in [1.29, 1.82) is 0 Å². The van der Waals surface area contributed by atoms with E-state index in [0.717, 1.165) is 5.56 Å². The first kappa shape index (κ1) is 7.53. The topological polar surface area (TPSA) is 82.0 Å². The van der Waals surface area contributed by atoms with Gasteiger partial charge in [0.1, 0.15) is 5.82 Å². The first-order valence-corrected chi connectivity index (χ1v) is 3.13. The van der Waals surface area contributed by atoms with Gasteiger partial charge in [-0.2, -0.15) is 0 Å². The van der Waals surface area contributed by atoms with E-state index in [1.54, 1.807) is 13.0 Å². The molecule has 0 fully saturated rings. The lowest BCUT2D eigenvalue weighted by Crippen LogP contribution is -2.13. The Morgan fingerprint density at radius 2 is 2.27 bits per heavy atom. The zero-order chi connectivity index (χ0) is 8.43. The lowest BCUT2D eigenvalue weighted by molar-refractivity contribution is 0.0999. The molecule has 0 aromatic carbocycles. The fourth-order valence-electron chi connectivity index (χ4n) is 0.836. The minimum atomic E-state index is -0.477. The van der Waals surface area contributed by atoms with Gasteiger partial charge < -0.3 is 11.5 Å². The fraction of sp³-hybridized carbons (Fsp3) is 0.143. The average molecular weight is 151 g/mol. The van der Waals surface area contributed by atoms with Crippen molar-refractivity contribution in [1.82, 2.24) is 4.98 Å². The van der Waals surface area contributed by atoms with E-state index in [2.05, 4.69) is 4.98 Å². The van der Waals surface area contributed by atoms with Crippen LogP contribution in [0.5, 0.6) is 0 Å². The second-order valence-electron chi connectivity index (χ2n) is 2.29. The molecule has 0 saturated carbocycles. The number of pyridine rings is 1. The summed E-state index contributed by atoms with van der Waals surface area (Å²) in [6.45, 7) is 1.76. The number of nitrogen functional groups attached to an aromatic ring is 1. The summed E-state index contributed by atoms with van der Waals surface area (Å²) in [6.07, 6.45) is 1.38. The summed E-state index contributed by atoms with van der Waals surface area (Å²) in [5.41, 5.74) is 11.6. The highest BCUT2D eigenvalue weighted by molar-refractivity contribution is 5.94. The van der Waals surface area contributed by atoms with Crippen molar-refractivity contribution in [2.24, 2.45) is 5.73 Å². The van der Waals surface area contributed by atoms with Crippen molar-refractivity contribution >= 4 is 11.7 Å². The highest BCUT2D eigenvalue weighted by Gasteiger charge is 2.04. The van der Waals surface area contributed by atoms with Gasteiger partial charge in [0, 0.05) is 6.20 Å². The molecule has 0 radical (unpaired) electrons. The number of nitrogens with zero attached hydrogens (tertiary/aromatic N) is 1. The van der Waals surface area contributed by atoms with E-state index in [-0.39, 0.29) is 0 Å². The highest BCUT2D eigenvalue weighted by atomic mass is 16.1. The van der Waals surface area contributed by atoms with Gasteiger partial charge in [0.05, 0.1) is 5.56 Å². The maximum absolute atomic E-state index is 10.7. The summed E-state index contributed by atoms with van der Waals surface area (Å²) in [5.74, 6) is -0.0810. The molecule has 0 aliphatic heterocycles. The van der Waals surface area contributed by atoms with E-state index in [1.807, 2.05) is 0 Å². The summed E-state index contributed by atoms with van der Waals surface area (Å²) >= 11 is 0. The van der Waals surface area contributed by atoms with Gasteiger partial charge in [0.25, 0.3) is 5.91 Å². The van der Waals surface area contributed by atoms with Crippen LogP contribution in [-0.4, -0.2) is 10.9 Å². The SMILES string of the molecule is Cc1cc(N)ncc1C(N)=O. The van der Waals surface area contributed by atoms with Gasteiger partial charge in [-0.05, 0) is 18.6 Å². The number of nitrogens with two attached hydrogens (primary N) is 2. The molecule has 4 nitrogen and oxygen atoms in total. The van der Waals surface area contributed by atoms with E-state index in [0.29, 0.717) is 11.4 Å². The molecule has 0 saturated heterocycles. The fourth-order valence-corrected chi connectivity index (χ4v) is 0.836. The van der Waals surface area contributed by atoms with Crippen molar-refractivity contribution in [3.8, 4) is 0 Å². The predicted molar refractivity (Wildman–Crippen MR) is 41.9 cm³/mol. The Balaban J connectivity index is 3.20. The molecule has 0 aliphatic rings. The van der Waals surface area contributed by atoms with Crippen LogP contribution in [-0.2, 0) is 0 Å². The lowest BCUT2D eigenvalue weighted by Gasteiger charge is -2.00. The number of primary amides is 1. The number of carbonyl (C=O) groups is 1. The molecule has 58 valence electrons. The molecule has 1 aromatic heterocycles. The largest absolute Gasteiger partial charge is 0.384 e. The molecule has 1 rings (SSSR count). The third kappa shape index (κ3) is 1.46. The van der Waals surface area contributed by atoms with Crippen molar-refractivity contribution in [3.63, 3.8) is 0 Å². The second-order valence-corrected chi connectivity index (χ2v) is 2.29. The Kier molecular flexibility index (Phi) is 1.76. The van der Waals surface area contributed by atoms with Gasteiger partial charge in [-0.25, -0.2) is 4.98 Å². The molecule has 0 aliphatic carbocycles. The van der Waals surface area contributed by atoms with E-state index in [4.69, 9.17) is 11.5 Å². The normalized spacial score (nSPS) is 9.55. The van der Waals surface area contributed by atoms with Crippen molar-refractivity contribution in [2.45, 2.75) is 6.92 Å². The smallest absolute Gasteiger partial charge is 0.250 e. The Hall–Kier alpha value is -1.58. The van der Waals surface area contributed by atoms with E-state index in [1.165, 1.54) is 6.20 Å². The number of carbonyl (C=O) groups excluding carboxylic acids is 1. The number of anilines is 1. The molecule has 1 aromatic rings. The Labute approximate surface area is 64.2 Å². The molecule has 0 atom stereocenters. The minimum absolute atomic E-state index is 0.396. The monoisotopic (exact) mass is 151 g/mol. The summed E-state index contributed by atoms with van der Waals surface area (Å²) in [5, 5.41) is 0. The van der Waals surface area contributed by atoms with Crippen LogP contribution in [0.15, 0.2) is 12.3 Å². The van der Waals surface area contributed by atoms with Gasteiger partial charge in [-0.3, -0.25) is 4.79 Å². The van der Waals surface area contributed by atoms with Crippen LogP contribution in [0, 0.1) is 6.92 Å². The third-order valence-corrected chi connectivity index (χ3v) is 1.40. The lowest BCUT2D eigenvalue weighted by atomic mass is 10.1. The number of aromatic nitrogens is 1. The minimum Gasteiger partial charge on any atom is -0.384 e. The van der Waals surface area contributed by atoms with E-state index >= 15 is 0 Å². The van der Waals surface area contributed by atoms with Crippen molar-refractivity contribution < 1.29 is 4.79 Å². The molecular weight excluding hydrogens is 142 g/mol. The number of aryl methyl sites for hydroxylation is 1. The van der Waals surface area contributed by atoms with Crippen LogP contribution in [0.3, 0.4) is 0 Å². The molecule has 0 bridgehead atoms. The maximum atomic E-state index is 10.7. The molecule has 0 spiro atoms. The van der Waals surface area contributed by atoms with E-state index in [9.17, 15) is 4.79 Å². The molecular formula is C7H9N3O. The van der Waals surface area contributed by atoms with Crippen LogP contribution in [0.4, 0.5) is 5.82 Å². The highest BCUT2D eigenvalue weighted by Crippen LogP contribution is 2.07. The van der Waals surface area contributed by atoms with Crippen LogP contribution >= 0.6 is 0 Å². The summed E-state index contributed by atoms with van der Waals surface area (Å²) in [6, 6.07) is 1.61. The summed E-state index contributed by atoms with van der Waals surface area (Å²) in [4.78, 5) is 14.4. The number of hydrogen-bond donors (Lipinski definition) is 2. The van der Waals surface area contributed by atoms with Crippen LogP contribution in [0.1, 0.15) is 15.9 Å². The average Bonchev–Trinajstić information content (AvgIpc) is 1.85. The van der Waals surface area contributed by atoms with Crippen LogP contribution in [0.2, 0.25) is 0 Å². The molecule has 1 heterocycles. The van der Waals surface area contributed by atoms with Crippen molar-refractivity contribution in [3.05, 3.63) is 23.4 Å². The standard InChI is InChI=1S/C7H9N3O/c1-4-2-6(8)10-3-5(4)7(9)11/h2-3H,1H3,(H2,8,10)(H2,9,11). The summed E-state index contributed by atoms with van der Waals surface area (Å²) in [7, 11) is 0. The third-order valence-electron chi connectivity index (χ3n) is 1.40. The molecule has 0 unspecified atom stereocenters. The van der Waals surface area contributed by atoms with Gasteiger partial charge >= 0.3 is 0 Å².